The second-order valence-corrected chi connectivity index (χ2v) is 14.2. The Balaban J connectivity index is 0.865. The first-order chi connectivity index (χ1) is 24.2. The van der Waals surface area contributed by atoms with E-state index in [1.807, 2.05) is 18.2 Å². The number of H-pyrrole nitrogens is 1. The molecule has 2 amide bonds. The molecule has 0 bridgehead atoms. The summed E-state index contributed by atoms with van der Waals surface area (Å²) in [6.07, 6.45) is 9.88. The van der Waals surface area contributed by atoms with E-state index in [0.29, 0.717) is 59.0 Å². The number of hydrogen-bond acceptors (Lipinski definition) is 8. The van der Waals surface area contributed by atoms with Gasteiger partial charge in [-0.15, -0.1) is 0 Å². The number of anilines is 1. The number of halogens is 1. The quantitative estimate of drug-likeness (QED) is 0.204. The number of rotatable bonds is 10. The van der Waals surface area contributed by atoms with Gasteiger partial charge < -0.3 is 19.5 Å². The normalized spacial score (nSPS) is 19.9. The molecule has 3 aliphatic heterocycles. The van der Waals surface area contributed by atoms with Crippen molar-refractivity contribution in [3.05, 3.63) is 76.1 Å². The fraction of sp³-hybridized carbons (Fsp3) is 0.474. The number of fused-ring (bicyclic) bond motifs is 1. The number of nitrogens with one attached hydrogen (secondary N) is 3. The van der Waals surface area contributed by atoms with E-state index in [2.05, 4.69) is 42.8 Å². The Hall–Kier alpha value is -4.55. The number of aromatic amines is 1. The van der Waals surface area contributed by atoms with Crippen molar-refractivity contribution in [2.75, 3.05) is 45.2 Å². The van der Waals surface area contributed by atoms with Crippen LogP contribution >= 0.6 is 0 Å². The number of nitrogens with zero attached hydrogens (tertiary/aromatic N) is 4. The molecule has 264 valence electrons. The van der Waals surface area contributed by atoms with Crippen molar-refractivity contribution in [2.45, 2.75) is 63.5 Å². The highest BCUT2D eigenvalue weighted by atomic mass is 19.1. The van der Waals surface area contributed by atoms with Crippen LogP contribution in [0, 0.1) is 11.7 Å². The molecule has 11 nitrogen and oxygen atoms in total. The maximum atomic E-state index is 15.7. The van der Waals surface area contributed by atoms with Gasteiger partial charge >= 0.3 is 0 Å². The number of methoxy groups -OCH3 is 1. The average Bonchev–Trinajstić information content (AvgIpc) is 3.63. The summed E-state index contributed by atoms with van der Waals surface area (Å²) in [7, 11) is 3.25. The Labute approximate surface area is 291 Å². The van der Waals surface area contributed by atoms with Crippen molar-refractivity contribution >= 4 is 28.4 Å². The Bertz CT molecular complexity index is 1910. The monoisotopic (exact) mass is 683 g/mol. The third kappa shape index (κ3) is 7.32. The molecule has 0 saturated carbocycles. The molecule has 3 aliphatic rings. The Kier molecular flexibility index (Phi) is 10.0. The third-order valence-corrected chi connectivity index (χ3v) is 11.0. The van der Waals surface area contributed by atoms with Gasteiger partial charge in [0.05, 0.1) is 13.3 Å². The molecule has 1 atom stereocenters. The van der Waals surface area contributed by atoms with Crippen LogP contribution < -0.4 is 20.9 Å². The number of ether oxygens (including phenoxy) is 1. The molecule has 1 unspecified atom stereocenters. The topological polar surface area (TPSA) is 125 Å². The zero-order valence-electron chi connectivity index (χ0n) is 28.8. The Morgan fingerprint density at radius 2 is 1.72 bits per heavy atom. The van der Waals surface area contributed by atoms with Gasteiger partial charge in [-0.1, -0.05) is 12.1 Å². The molecule has 12 heteroatoms. The molecule has 50 heavy (non-hydrogen) atoms. The highest BCUT2D eigenvalue weighted by Gasteiger charge is 2.27. The molecule has 7 rings (SSSR count). The number of likely N-dealkylation sites (tertiary alicyclic amines) is 2. The minimum absolute atomic E-state index is 0.180. The van der Waals surface area contributed by atoms with E-state index in [0.717, 1.165) is 69.7 Å². The van der Waals surface area contributed by atoms with Crippen molar-refractivity contribution in [1.29, 1.82) is 0 Å². The second kappa shape index (κ2) is 14.7. The lowest BCUT2D eigenvalue weighted by Gasteiger charge is -2.35. The minimum atomic E-state index is -0.367. The number of hydrogen-bond donors (Lipinski definition) is 3. The van der Waals surface area contributed by atoms with Crippen LogP contribution in [-0.4, -0.2) is 82.3 Å². The number of carbonyl (C=O) groups is 2. The van der Waals surface area contributed by atoms with E-state index < -0.39 is 0 Å². The van der Waals surface area contributed by atoms with Crippen LogP contribution in [0.15, 0.2) is 53.6 Å². The van der Waals surface area contributed by atoms with Gasteiger partial charge in [-0.2, -0.15) is 5.10 Å². The first kappa shape index (κ1) is 33.9. The average molecular weight is 684 g/mol. The fourth-order valence-electron chi connectivity index (χ4n) is 7.88. The number of amides is 2. The molecule has 3 N–H and O–H groups in total. The maximum absolute atomic E-state index is 15.7. The molecule has 3 saturated heterocycles. The summed E-state index contributed by atoms with van der Waals surface area (Å²) >= 11 is 0. The van der Waals surface area contributed by atoms with E-state index in [1.165, 1.54) is 22.6 Å². The number of pyridine rings is 1. The Morgan fingerprint density at radius 3 is 2.44 bits per heavy atom. The molecule has 0 aliphatic carbocycles. The number of benzene rings is 2. The maximum Gasteiger partial charge on any atom is 0.276 e. The predicted molar refractivity (Wildman–Crippen MR) is 191 cm³/mol. The molecule has 0 radical (unpaired) electrons. The summed E-state index contributed by atoms with van der Waals surface area (Å²) in [5, 5.41) is 13.1. The van der Waals surface area contributed by atoms with Gasteiger partial charge in [0, 0.05) is 48.4 Å². The predicted octanol–water partition coefficient (Wildman–Crippen LogP) is 4.78. The third-order valence-electron chi connectivity index (χ3n) is 11.0. The first-order valence-electron chi connectivity index (χ1n) is 17.8. The lowest BCUT2D eigenvalue weighted by Crippen LogP contribution is -2.47. The fourth-order valence-corrected chi connectivity index (χ4v) is 7.88. The largest absolute Gasteiger partial charge is 0.496 e. The van der Waals surface area contributed by atoms with Crippen LogP contribution in [0.25, 0.3) is 22.0 Å². The van der Waals surface area contributed by atoms with Crippen molar-refractivity contribution in [2.24, 2.45) is 13.0 Å². The van der Waals surface area contributed by atoms with E-state index >= 15 is 4.39 Å². The molecular weight excluding hydrogens is 637 g/mol. The number of piperidine rings is 3. The summed E-state index contributed by atoms with van der Waals surface area (Å²) in [6.45, 7) is 5.67. The molecule has 3 fully saturated rings. The van der Waals surface area contributed by atoms with E-state index in [9.17, 15) is 14.4 Å². The van der Waals surface area contributed by atoms with Crippen LogP contribution in [0.2, 0.25) is 0 Å². The molecular formula is C38H46FN7O4. The summed E-state index contributed by atoms with van der Waals surface area (Å²) in [4.78, 5) is 40.9. The highest BCUT2D eigenvalue weighted by molar-refractivity contribution is 6.01. The van der Waals surface area contributed by atoms with Crippen molar-refractivity contribution in [1.82, 2.24) is 29.9 Å². The van der Waals surface area contributed by atoms with Gasteiger partial charge in [0.1, 0.15) is 23.1 Å². The van der Waals surface area contributed by atoms with E-state index in [4.69, 9.17) is 4.74 Å². The van der Waals surface area contributed by atoms with Crippen molar-refractivity contribution in [3.8, 4) is 16.9 Å². The van der Waals surface area contributed by atoms with Gasteiger partial charge in [0.15, 0.2) is 0 Å². The Morgan fingerprint density at radius 1 is 0.980 bits per heavy atom. The lowest BCUT2D eigenvalue weighted by atomic mass is 9.88. The van der Waals surface area contributed by atoms with Gasteiger partial charge in [0.25, 0.3) is 5.56 Å². The SMILES string of the molecule is COc1cc(-c2cn(C)c(=O)c3[nH]ncc23)cc(F)c1CN1CCC(CCN2CCC(c3ccc(NC4CCC(=O)NC4=O)cc3)CC2)CC1. The zero-order valence-corrected chi connectivity index (χ0v) is 28.8. The van der Waals surface area contributed by atoms with E-state index in [-0.39, 0.29) is 29.2 Å². The smallest absolute Gasteiger partial charge is 0.276 e. The number of aryl methyl sites for hydroxylation is 1. The van der Waals surface area contributed by atoms with Crippen molar-refractivity contribution < 1.29 is 18.7 Å². The molecule has 2 aromatic heterocycles. The van der Waals surface area contributed by atoms with Gasteiger partial charge in [0.2, 0.25) is 11.8 Å². The van der Waals surface area contributed by atoms with Crippen LogP contribution in [0.4, 0.5) is 10.1 Å². The minimum Gasteiger partial charge on any atom is -0.496 e. The standard InChI is InChI=1S/C38H46FN7O4/c1-44-22-30(29-21-40-43-36(29)38(44)49)27-19-32(39)31(34(20-27)50-2)23-46-15-10-24(11-16-46)9-14-45-17-12-26(13-18-45)25-3-5-28(6-4-25)41-33-7-8-35(47)42-37(33)48/h3-6,19-22,24,26,33,41H,7-18,23H2,1-2H3,(H,40,43)(H,42,47,48). The molecule has 5 heterocycles. The van der Waals surface area contributed by atoms with Crippen LogP contribution in [0.1, 0.15) is 62.0 Å². The molecule has 2 aromatic carbocycles. The summed E-state index contributed by atoms with van der Waals surface area (Å²) in [5.74, 6) is 0.958. The van der Waals surface area contributed by atoms with Crippen LogP contribution in [0.5, 0.6) is 5.75 Å². The second-order valence-electron chi connectivity index (χ2n) is 14.2. The molecule has 0 spiro atoms. The number of carbonyl (C=O) groups excluding carboxylic acids is 2. The van der Waals surface area contributed by atoms with Gasteiger partial charge in [-0.05, 0) is 118 Å². The first-order valence-corrected chi connectivity index (χ1v) is 17.8. The van der Waals surface area contributed by atoms with Gasteiger partial charge in [-0.3, -0.25) is 29.7 Å². The van der Waals surface area contributed by atoms with Crippen LogP contribution in [0.3, 0.4) is 0 Å². The highest BCUT2D eigenvalue weighted by Crippen LogP contribution is 2.35. The van der Waals surface area contributed by atoms with Gasteiger partial charge in [-0.25, -0.2) is 4.39 Å². The van der Waals surface area contributed by atoms with Crippen LogP contribution in [-0.2, 0) is 23.2 Å². The molecule has 4 aromatic rings. The lowest BCUT2D eigenvalue weighted by molar-refractivity contribution is -0.133. The summed E-state index contributed by atoms with van der Waals surface area (Å²) in [5.41, 5.74) is 4.39. The number of aromatic nitrogens is 3. The van der Waals surface area contributed by atoms with E-state index in [1.54, 1.807) is 26.6 Å². The number of imide groups is 1. The summed E-state index contributed by atoms with van der Waals surface area (Å²) in [6, 6.07) is 11.5. The summed E-state index contributed by atoms with van der Waals surface area (Å²) < 4.78 is 22.9. The van der Waals surface area contributed by atoms with Crippen molar-refractivity contribution in [3.63, 3.8) is 0 Å². The zero-order chi connectivity index (χ0) is 34.8.